The van der Waals surface area contributed by atoms with Crippen LogP contribution in [0.1, 0.15) is 53.8 Å². The lowest BCUT2D eigenvalue weighted by Crippen LogP contribution is -2.59. The van der Waals surface area contributed by atoms with E-state index in [0.29, 0.717) is 29.8 Å². The minimum Gasteiger partial charge on any atom is -0.291 e. The number of nitrogens with zero attached hydrogens (tertiary/aromatic N) is 4. The van der Waals surface area contributed by atoms with Gasteiger partial charge in [-0.2, -0.15) is 5.10 Å². The number of carbonyl (C=O) groups excluding carboxylic acids is 1. The number of hydrogen-bond donors (Lipinski definition) is 0. The van der Waals surface area contributed by atoms with Gasteiger partial charge >= 0.3 is 0 Å². The van der Waals surface area contributed by atoms with Gasteiger partial charge in [-0.3, -0.25) is 9.78 Å². The molecule has 3 aliphatic rings. The lowest BCUT2D eigenvalue weighted by Gasteiger charge is -2.52. The van der Waals surface area contributed by atoms with Gasteiger partial charge in [-0.1, -0.05) is 5.57 Å². The molecule has 238 valence electrons. The molecule has 2 saturated carbocycles. The third-order valence-electron chi connectivity index (χ3n) is 9.41. The zero-order valence-corrected chi connectivity index (χ0v) is 25.3. The number of pyridine rings is 1. The van der Waals surface area contributed by atoms with Crippen LogP contribution in [0.15, 0.2) is 83.5 Å². The fourth-order valence-corrected chi connectivity index (χ4v) is 9.32. The van der Waals surface area contributed by atoms with Gasteiger partial charge in [0.05, 0.1) is 32.7 Å². The standard InChI is InChI=1S/C34H29F5N4O2S/c1-46(45,29-10-5-24(36)6-11-29)43(28-18-34(38,39)19-28)27-7-2-22-14-31-21(20-41-42(31)26-8-3-23(35)4-9-26)16-33(22,17-27)32(44)30-15-25(37)12-13-40-30/h3-6,8-15,20,27-28H,1-2,7,16-19H2/t27-,33-,46?/m0/s1. The molecule has 2 aromatic carbocycles. The second-order valence-corrected chi connectivity index (χ2v) is 14.5. The van der Waals surface area contributed by atoms with Gasteiger partial charge in [-0.25, -0.2) is 35.1 Å². The zero-order chi connectivity index (χ0) is 32.4. The first-order valence-corrected chi connectivity index (χ1v) is 16.5. The van der Waals surface area contributed by atoms with Crippen molar-refractivity contribution in [2.24, 2.45) is 5.41 Å². The molecule has 3 aliphatic carbocycles. The van der Waals surface area contributed by atoms with Crippen molar-refractivity contribution >= 4 is 27.4 Å². The smallest absolute Gasteiger partial charge is 0.251 e. The topological polar surface area (TPSA) is 68.1 Å². The molecule has 2 fully saturated rings. The van der Waals surface area contributed by atoms with Crippen LogP contribution in [0.3, 0.4) is 0 Å². The van der Waals surface area contributed by atoms with E-state index in [0.717, 1.165) is 29.8 Å². The Morgan fingerprint density at radius 3 is 2.26 bits per heavy atom. The molecule has 0 N–H and O–H groups in total. The molecular formula is C34H29F5N4O2S. The summed E-state index contributed by atoms with van der Waals surface area (Å²) in [5.74, 6) is -0.955. The number of rotatable bonds is 7. The highest BCUT2D eigenvalue weighted by Gasteiger charge is 2.56. The maximum Gasteiger partial charge on any atom is 0.251 e. The van der Waals surface area contributed by atoms with Gasteiger partial charge in [-0.05, 0) is 97.8 Å². The second-order valence-electron chi connectivity index (χ2n) is 12.3. The van der Waals surface area contributed by atoms with Crippen molar-refractivity contribution in [2.75, 3.05) is 0 Å². The van der Waals surface area contributed by atoms with Crippen LogP contribution in [-0.2, 0) is 16.1 Å². The summed E-state index contributed by atoms with van der Waals surface area (Å²) in [7, 11) is -3.41. The van der Waals surface area contributed by atoms with Crippen molar-refractivity contribution in [3.63, 3.8) is 0 Å². The van der Waals surface area contributed by atoms with Crippen molar-refractivity contribution in [1.82, 2.24) is 19.1 Å². The normalized spacial score (nSPS) is 23.5. The van der Waals surface area contributed by atoms with E-state index in [1.165, 1.54) is 34.8 Å². The van der Waals surface area contributed by atoms with Gasteiger partial charge in [0.15, 0.2) is 5.78 Å². The number of alkyl halides is 2. The Balaban J connectivity index is 1.33. The summed E-state index contributed by atoms with van der Waals surface area (Å²) in [4.78, 5) is 18.9. The van der Waals surface area contributed by atoms with E-state index in [2.05, 4.69) is 16.0 Å². The van der Waals surface area contributed by atoms with Gasteiger partial charge in [-0.15, -0.1) is 0 Å². The number of Topliss-reactive ketones (excluding diaryl/α,β-unsaturated/α-hetero) is 1. The van der Waals surface area contributed by atoms with E-state index in [1.54, 1.807) is 23.0 Å². The van der Waals surface area contributed by atoms with Gasteiger partial charge < -0.3 is 0 Å². The number of ketones is 1. The van der Waals surface area contributed by atoms with E-state index >= 15 is 0 Å². The molecule has 7 rings (SSSR count). The first kappa shape index (κ1) is 30.5. The Morgan fingerprint density at radius 1 is 0.935 bits per heavy atom. The van der Waals surface area contributed by atoms with Crippen molar-refractivity contribution in [3.8, 4) is 5.69 Å². The highest BCUT2D eigenvalue weighted by atomic mass is 32.2. The van der Waals surface area contributed by atoms with E-state index in [-0.39, 0.29) is 23.4 Å². The fraction of sp³-hybridized carbons (Fsp3) is 0.294. The van der Waals surface area contributed by atoms with Crippen LogP contribution < -0.4 is 0 Å². The average molecular weight is 653 g/mol. The summed E-state index contributed by atoms with van der Waals surface area (Å²) >= 11 is 0. The molecule has 6 nitrogen and oxygen atoms in total. The summed E-state index contributed by atoms with van der Waals surface area (Å²) in [6, 6.07) is 11.6. The first-order chi connectivity index (χ1) is 21.9. The van der Waals surface area contributed by atoms with Gasteiger partial charge in [0, 0.05) is 42.1 Å². The molecular weight excluding hydrogens is 623 g/mol. The maximum absolute atomic E-state index is 14.5. The van der Waals surface area contributed by atoms with Crippen LogP contribution >= 0.6 is 0 Å². The summed E-state index contributed by atoms with van der Waals surface area (Å²) < 4.78 is 88.1. The van der Waals surface area contributed by atoms with Crippen molar-refractivity contribution in [3.05, 3.63) is 113 Å². The molecule has 0 saturated heterocycles. The van der Waals surface area contributed by atoms with Crippen LogP contribution in [-0.4, -0.2) is 52.9 Å². The van der Waals surface area contributed by atoms with Crippen molar-refractivity contribution in [2.45, 2.75) is 61.4 Å². The molecule has 46 heavy (non-hydrogen) atoms. The third kappa shape index (κ3) is 5.17. The molecule has 2 aromatic heterocycles. The molecule has 0 amide bonds. The Kier molecular flexibility index (Phi) is 7.28. The minimum absolute atomic E-state index is 0.0762. The molecule has 2 heterocycles. The number of halogens is 5. The number of aromatic nitrogens is 3. The summed E-state index contributed by atoms with van der Waals surface area (Å²) in [6.07, 6.45) is 4.57. The fourth-order valence-electron chi connectivity index (χ4n) is 7.22. The number of carbonyl (C=O) groups is 1. The Bertz CT molecular complexity index is 1970. The summed E-state index contributed by atoms with van der Waals surface area (Å²) in [5, 5.41) is 4.52. The monoisotopic (exact) mass is 652 g/mol. The van der Waals surface area contributed by atoms with E-state index in [1.807, 2.05) is 6.08 Å². The van der Waals surface area contributed by atoms with E-state index < -0.39 is 69.2 Å². The van der Waals surface area contributed by atoms with Crippen LogP contribution in [0.4, 0.5) is 22.0 Å². The van der Waals surface area contributed by atoms with E-state index in [9.17, 15) is 31.0 Å². The predicted octanol–water partition coefficient (Wildman–Crippen LogP) is 6.84. The largest absolute Gasteiger partial charge is 0.291 e. The van der Waals surface area contributed by atoms with Gasteiger partial charge in [0.1, 0.15) is 23.1 Å². The summed E-state index contributed by atoms with van der Waals surface area (Å²) in [5.41, 5.74) is 1.39. The average Bonchev–Trinajstić information content (AvgIpc) is 3.41. The van der Waals surface area contributed by atoms with Gasteiger partial charge in [0.2, 0.25) is 0 Å². The molecule has 1 unspecified atom stereocenters. The molecule has 0 bridgehead atoms. The number of fused-ring (bicyclic) bond motifs is 2. The SMILES string of the molecule is C=S(=O)(c1ccc(F)cc1)N(C1CC(F)(F)C1)[C@H]1CCC2=Cc3c(cnn3-c3ccc(F)cc3)C[C@]2(C(=O)c2cc(F)ccn2)C1. The molecule has 0 radical (unpaired) electrons. The number of allylic oxidation sites excluding steroid dienone is 1. The molecule has 4 aromatic rings. The minimum atomic E-state index is -3.41. The highest BCUT2D eigenvalue weighted by Crippen LogP contribution is 2.53. The molecule has 0 aliphatic heterocycles. The molecule has 0 spiro atoms. The molecule has 3 atom stereocenters. The van der Waals surface area contributed by atoms with E-state index in [4.69, 9.17) is 0 Å². The molecule has 12 heteroatoms. The number of benzene rings is 2. The summed E-state index contributed by atoms with van der Waals surface area (Å²) in [6.45, 7) is 0. The lowest BCUT2D eigenvalue weighted by atomic mass is 9.60. The Morgan fingerprint density at radius 2 is 1.61 bits per heavy atom. The third-order valence-corrected chi connectivity index (χ3v) is 11.7. The quantitative estimate of drug-likeness (QED) is 0.125. The second kappa shape index (κ2) is 11.0. The maximum atomic E-state index is 14.5. The van der Waals surface area contributed by atoms with Crippen LogP contribution in [0, 0.1) is 22.9 Å². The van der Waals surface area contributed by atoms with Crippen LogP contribution in [0.5, 0.6) is 0 Å². The lowest BCUT2D eigenvalue weighted by molar-refractivity contribution is -0.115. The van der Waals surface area contributed by atoms with Gasteiger partial charge in [0.25, 0.3) is 5.92 Å². The van der Waals surface area contributed by atoms with Crippen LogP contribution in [0.25, 0.3) is 11.8 Å². The number of hydrogen-bond acceptors (Lipinski definition) is 4. The van der Waals surface area contributed by atoms with Crippen molar-refractivity contribution in [1.29, 1.82) is 0 Å². The zero-order valence-electron chi connectivity index (χ0n) is 24.5. The van der Waals surface area contributed by atoms with Crippen molar-refractivity contribution < 1.29 is 31.0 Å². The Hall–Kier alpha value is -4.16. The first-order valence-electron chi connectivity index (χ1n) is 14.9. The Labute approximate surface area is 262 Å². The predicted molar refractivity (Wildman–Crippen MR) is 164 cm³/mol. The van der Waals surface area contributed by atoms with Crippen LogP contribution in [0.2, 0.25) is 0 Å². The highest BCUT2D eigenvalue weighted by molar-refractivity contribution is 7.98.